The summed E-state index contributed by atoms with van der Waals surface area (Å²) in [6, 6.07) is 3.81. The molecule has 1 aromatic rings. The molecule has 1 unspecified atom stereocenters. The van der Waals surface area contributed by atoms with Crippen molar-refractivity contribution in [3.63, 3.8) is 0 Å². The molecule has 0 fully saturated rings. The highest BCUT2D eigenvalue weighted by atomic mass is 16.5. The molecule has 3 N–H and O–H groups in total. The topological polar surface area (TPSA) is 60.2 Å². The molecule has 1 heterocycles. The lowest BCUT2D eigenvalue weighted by molar-refractivity contribution is 0.242. The standard InChI is InChI=1S/C15H27N3O/c1-11(2)9-15(5,10-16)18-14-13(19-12(3)4)7-6-8-17-14/h6-8,11-12H,9-10,16H2,1-5H3,(H,17,18). The van der Waals surface area contributed by atoms with Crippen LogP contribution in [0.5, 0.6) is 5.75 Å². The average Bonchev–Trinajstić information content (AvgIpc) is 2.30. The number of nitrogens with one attached hydrogen (secondary N) is 1. The van der Waals surface area contributed by atoms with Crippen LogP contribution in [0.25, 0.3) is 0 Å². The Morgan fingerprint density at radius 2 is 2.05 bits per heavy atom. The van der Waals surface area contributed by atoms with E-state index in [4.69, 9.17) is 10.5 Å². The van der Waals surface area contributed by atoms with Crippen molar-refractivity contribution in [2.75, 3.05) is 11.9 Å². The lowest BCUT2D eigenvalue weighted by Gasteiger charge is -2.32. The lowest BCUT2D eigenvalue weighted by atomic mass is 9.91. The van der Waals surface area contributed by atoms with E-state index in [9.17, 15) is 0 Å². The molecular formula is C15H27N3O. The second-order valence-corrected chi connectivity index (χ2v) is 6.00. The van der Waals surface area contributed by atoms with Gasteiger partial charge in [0.2, 0.25) is 0 Å². The van der Waals surface area contributed by atoms with Gasteiger partial charge in [-0.3, -0.25) is 0 Å². The van der Waals surface area contributed by atoms with Crippen LogP contribution >= 0.6 is 0 Å². The number of nitrogens with zero attached hydrogens (tertiary/aromatic N) is 1. The molecule has 0 radical (unpaired) electrons. The van der Waals surface area contributed by atoms with Crippen LogP contribution in [-0.2, 0) is 0 Å². The third kappa shape index (κ3) is 5.07. The van der Waals surface area contributed by atoms with Crippen molar-refractivity contribution in [1.29, 1.82) is 0 Å². The molecule has 0 aliphatic carbocycles. The average molecular weight is 265 g/mol. The zero-order valence-corrected chi connectivity index (χ0v) is 12.7. The normalized spacial score (nSPS) is 14.5. The summed E-state index contributed by atoms with van der Waals surface area (Å²) in [4.78, 5) is 4.38. The van der Waals surface area contributed by atoms with E-state index in [2.05, 4.69) is 31.1 Å². The summed E-state index contributed by atoms with van der Waals surface area (Å²) in [5.74, 6) is 2.12. The number of hydrogen-bond donors (Lipinski definition) is 2. The summed E-state index contributed by atoms with van der Waals surface area (Å²) in [6.07, 6.45) is 2.88. The first kappa shape index (κ1) is 15.8. The van der Waals surface area contributed by atoms with Crippen molar-refractivity contribution in [3.8, 4) is 5.75 Å². The third-order valence-corrected chi connectivity index (χ3v) is 2.86. The van der Waals surface area contributed by atoms with Gasteiger partial charge in [0.15, 0.2) is 11.6 Å². The fourth-order valence-electron chi connectivity index (χ4n) is 2.21. The molecule has 19 heavy (non-hydrogen) atoms. The van der Waals surface area contributed by atoms with Gasteiger partial charge in [-0.2, -0.15) is 0 Å². The maximum absolute atomic E-state index is 5.92. The van der Waals surface area contributed by atoms with Gasteiger partial charge < -0.3 is 15.8 Å². The summed E-state index contributed by atoms with van der Waals surface area (Å²) in [5.41, 5.74) is 5.75. The van der Waals surface area contributed by atoms with E-state index >= 15 is 0 Å². The highest BCUT2D eigenvalue weighted by molar-refractivity contribution is 5.51. The van der Waals surface area contributed by atoms with Gasteiger partial charge in [-0.25, -0.2) is 4.98 Å². The molecule has 0 amide bonds. The highest BCUT2D eigenvalue weighted by Crippen LogP contribution is 2.27. The van der Waals surface area contributed by atoms with E-state index in [1.165, 1.54) is 0 Å². The molecule has 0 aliphatic heterocycles. The van der Waals surface area contributed by atoms with Crippen LogP contribution in [0.1, 0.15) is 41.0 Å². The lowest BCUT2D eigenvalue weighted by Crippen LogP contribution is -2.44. The van der Waals surface area contributed by atoms with Crippen molar-refractivity contribution in [1.82, 2.24) is 4.98 Å². The molecule has 0 bridgehead atoms. The minimum Gasteiger partial charge on any atom is -0.487 e. The van der Waals surface area contributed by atoms with Crippen molar-refractivity contribution in [3.05, 3.63) is 18.3 Å². The zero-order valence-electron chi connectivity index (χ0n) is 12.7. The number of ether oxygens (including phenoxy) is 1. The molecule has 1 rings (SSSR count). The van der Waals surface area contributed by atoms with E-state index in [-0.39, 0.29) is 11.6 Å². The summed E-state index contributed by atoms with van der Waals surface area (Å²) in [6.45, 7) is 11.1. The van der Waals surface area contributed by atoms with Gasteiger partial charge in [-0.05, 0) is 45.2 Å². The molecule has 0 spiro atoms. The summed E-state index contributed by atoms with van der Waals surface area (Å²) >= 11 is 0. The monoisotopic (exact) mass is 265 g/mol. The van der Waals surface area contributed by atoms with Gasteiger partial charge in [0.05, 0.1) is 6.10 Å². The number of anilines is 1. The van der Waals surface area contributed by atoms with Gasteiger partial charge in [0.1, 0.15) is 0 Å². The molecule has 0 aromatic carbocycles. The number of nitrogens with two attached hydrogens (primary N) is 1. The number of rotatable bonds is 7. The van der Waals surface area contributed by atoms with Crippen LogP contribution in [0, 0.1) is 5.92 Å². The Morgan fingerprint density at radius 1 is 1.37 bits per heavy atom. The number of aromatic nitrogens is 1. The van der Waals surface area contributed by atoms with Gasteiger partial charge in [-0.15, -0.1) is 0 Å². The van der Waals surface area contributed by atoms with Crippen LogP contribution in [0.2, 0.25) is 0 Å². The Morgan fingerprint density at radius 3 is 2.58 bits per heavy atom. The highest BCUT2D eigenvalue weighted by Gasteiger charge is 2.25. The van der Waals surface area contributed by atoms with Crippen LogP contribution in [0.3, 0.4) is 0 Å². The van der Waals surface area contributed by atoms with E-state index in [0.29, 0.717) is 12.5 Å². The summed E-state index contributed by atoms with van der Waals surface area (Å²) < 4.78 is 5.77. The quantitative estimate of drug-likeness (QED) is 0.795. The summed E-state index contributed by atoms with van der Waals surface area (Å²) in [5, 5.41) is 3.45. The van der Waals surface area contributed by atoms with Crippen molar-refractivity contribution < 1.29 is 4.74 Å². The minimum absolute atomic E-state index is 0.124. The van der Waals surface area contributed by atoms with Crippen molar-refractivity contribution >= 4 is 5.82 Å². The van der Waals surface area contributed by atoms with Crippen LogP contribution in [0.15, 0.2) is 18.3 Å². The fraction of sp³-hybridized carbons (Fsp3) is 0.667. The molecule has 108 valence electrons. The van der Waals surface area contributed by atoms with Crippen molar-refractivity contribution in [2.24, 2.45) is 11.7 Å². The maximum atomic E-state index is 5.92. The molecule has 1 atom stereocenters. The van der Waals surface area contributed by atoms with E-state index in [1.807, 2.05) is 26.0 Å². The van der Waals surface area contributed by atoms with Gasteiger partial charge in [-0.1, -0.05) is 13.8 Å². The van der Waals surface area contributed by atoms with E-state index in [0.717, 1.165) is 18.0 Å². The van der Waals surface area contributed by atoms with Gasteiger partial charge in [0.25, 0.3) is 0 Å². The molecule has 1 aromatic heterocycles. The Labute approximate surface area is 116 Å². The zero-order chi connectivity index (χ0) is 14.5. The SMILES string of the molecule is CC(C)CC(C)(CN)Nc1ncccc1OC(C)C. The molecular weight excluding hydrogens is 238 g/mol. The molecule has 4 nitrogen and oxygen atoms in total. The fourth-order valence-corrected chi connectivity index (χ4v) is 2.21. The van der Waals surface area contributed by atoms with E-state index < -0.39 is 0 Å². The van der Waals surface area contributed by atoms with Crippen LogP contribution in [-0.4, -0.2) is 23.2 Å². The predicted molar refractivity (Wildman–Crippen MR) is 80.5 cm³/mol. The smallest absolute Gasteiger partial charge is 0.169 e. The second-order valence-electron chi connectivity index (χ2n) is 6.00. The largest absolute Gasteiger partial charge is 0.487 e. The molecule has 0 saturated carbocycles. The van der Waals surface area contributed by atoms with Crippen molar-refractivity contribution in [2.45, 2.75) is 52.7 Å². The van der Waals surface area contributed by atoms with Gasteiger partial charge >= 0.3 is 0 Å². The Kier molecular flexibility index (Phi) is 5.60. The summed E-state index contributed by atoms with van der Waals surface area (Å²) in [7, 11) is 0. The predicted octanol–water partition coefficient (Wildman–Crippen LogP) is 3.04. The Balaban J connectivity index is 2.90. The van der Waals surface area contributed by atoms with Crippen LogP contribution < -0.4 is 15.8 Å². The first-order valence-electron chi connectivity index (χ1n) is 6.96. The van der Waals surface area contributed by atoms with Crippen LogP contribution in [0.4, 0.5) is 5.82 Å². The maximum Gasteiger partial charge on any atom is 0.169 e. The molecule has 4 heteroatoms. The first-order valence-corrected chi connectivity index (χ1v) is 6.96. The first-order chi connectivity index (χ1) is 8.86. The molecule has 0 aliphatic rings. The minimum atomic E-state index is -0.169. The Hall–Kier alpha value is -1.29. The van der Waals surface area contributed by atoms with E-state index in [1.54, 1.807) is 6.20 Å². The third-order valence-electron chi connectivity index (χ3n) is 2.86. The number of pyridine rings is 1. The number of hydrogen-bond acceptors (Lipinski definition) is 4. The second kappa shape index (κ2) is 6.75. The Bertz CT molecular complexity index is 393. The molecule has 0 saturated heterocycles. The van der Waals surface area contributed by atoms with Gasteiger partial charge in [0, 0.05) is 18.3 Å².